The van der Waals surface area contributed by atoms with E-state index in [4.69, 9.17) is 18.9 Å². The molecule has 3 rings (SSSR count). The van der Waals surface area contributed by atoms with Crippen molar-refractivity contribution in [3.8, 4) is 0 Å². The number of benzene rings is 2. The lowest BCUT2D eigenvalue weighted by Crippen LogP contribution is -2.39. The van der Waals surface area contributed by atoms with Gasteiger partial charge in [-0.1, -0.05) is 60.7 Å². The fourth-order valence-electron chi connectivity index (χ4n) is 2.86. The van der Waals surface area contributed by atoms with E-state index >= 15 is 0 Å². The van der Waals surface area contributed by atoms with Crippen molar-refractivity contribution in [2.24, 2.45) is 0 Å². The number of hydrogen-bond acceptors (Lipinski definition) is 5. The van der Waals surface area contributed by atoms with Crippen LogP contribution in [0.25, 0.3) is 0 Å². The highest BCUT2D eigenvalue weighted by Crippen LogP contribution is 2.23. The van der Waals surface area contributed by atoms with E-state index in [2.05, 4.69) is 0 Å². The summed E-state index contributed by atoms with van der Waals surface area (Å²) in [5, 5.41) is 0. The van der Waals surface area contributed by atoms with Crippen molar-refractivity contribution in [1.29, 1.82) is 0 Å². The molecule has 1 aliphatic rings. The summed E-state index contributed by atoms with van der Waals surface area (Å²) in [7, 11) is 1.34. The molecule has 1 heterocycles. The number of methoxy groups -OCH3 is 1. The number of carbonyl (C=O) groups excluding carboxylic acids is 1. The Labute approximate surface area is 159 Å². The molecule has 0 bridgehead atoms. The molecule has 2 atom stereocenters. The molecule has 0 spiro atoms. The van der Waals surface area contributed by atoms with Crippen LogP contribution in [0.15, 0.2) is 72.5 Å². The van der Waals surface area contributed by atoms with Gasteiger partial charge < -0.3 is 18.9 Å². The van der Waals surface area contributed by atoms with Gasteiger partial charge in [0, 0.05) is 0 Å². The van der Waals surface area contributed by atoms with Gasteiger partial charge >= 0.3 is 5.97 Å². The Kier molecular flexibility index (Phi) is 7.02. The maximum absolute atomic E-state index is 11.8. The quantitative estimate of drug-likeness (QED) is 0.666. The SMILES string of the molecule is COC(=O)C1=CC[C@H](OCc2ccccc2)[C@@H](COCc2ccccc2)O1. The van der Waals surface area contributed by atoms with E-state index < -0.39 is 5.97 Å². The molecule has 0 saturated carbocycles. The van der Waals surface area contributed by atoms with E-state index in [0.717, 1.165) is 11.1 Å². The Morgan fingerprint density at radius 2 is 1.63 bits per heavy atom. The maximum atomic E-state index is 11.8. The number of carbonyl (C=O) groups is 1. The van der Waals surface area contributed by atoms with E-state index in [1.54, 1.807) is 6.08 Å². The van der Waals surface area contributed by atoms with Crippen molar-refractivity contribution in [2.45, 2.75) is 31.8 Å². The molecule has 2 aromatic rings. The Bertz CT molecular complexity index is 742. The van der Waals surface area contributed by atoms with Gasteiger partial charge in [0.25, 0.3) is 0 Å². The van der Waals surface area contributed by atoms with E-state index in [-0.39, 0.29) is 18.0 Å². The first-order valence-corrected chi connectivity index (χ1v) is 8.98. The van der Waals surface area contributed by atoms with E-state index in [0.29, 0.717) is 26.2 Å². The van der Waals surface area contributed by atoms with Crippen LogP contribution in [0.2, 0.25) is 0 Å². The molecule has 27 heavy (non-hydrogen) atoms. The highest BCUT2D eigenvalue weighted by Gasteiger charge is 2.31. The third-order valence-electron chi connectivity index (χ3n) is 4.32. The summed E-state index contributed by atoms with van der Waals surface area (Å²) in [6.07, 6.45) is 1.71. The normalized spacial score (nSPS) is 19.1. The van der Waals surface area contributed by atoms with E-state index in [9.17, 15) is 4.79 Å². The number of ether oxygens (including phenoxy) is 4. The summed E-state index contributed by atoms with van der Waals surface area (Å²) in [4.78, 5) is 11.8. The molecule has 1 aliphatic heterocycles. The maximum Gasteiger partial charge on any atom is 0.372 e. The van der Waals surface area contributed by atoms with Gasteiger partial charge in [-0.3, -0.25) is 0 Å². The van der Waals surface area contributed by atoms with Crippen LogP contribution in [0.5, 0.6) is 0 Å². The lowest BCUT2D eigenvalue weighted by atomic mass is 10.1. The Balaban J connectivity index is 1.59. The van der Waals surface area contributed by atoms with Gasteiger partial charge in [-0.05, 0) is 23.6 Å². The predicted molar refractivity (Wildman–Crippen MR) is 101 cm³/mol. The fourth-order valence-corrected chi connectivity index (χ4v) is 2.86. The second-order valence-electron chi connectivity index (χ2n) is 6.29. The molecular weight excluding hydrogens is 344 g/mol. The summed E-state index contributed by atoms with van der Waals surface area (Å²) in [6.45, 7) is 1.28. The number of hydrogen-bond donors (Lipinski definition) is 0. The highest BCUT2D eigenvalue weighted by atomic mass is 16.6. The fraction of sp³-hybridized carbons (Fsp3) is 0.318. The van der Waals surface area contributed by atoms with Crippen LogP contribution in [-0.2, 0) is 37.0 Å². The summed E-state index contributed by atoms with van der Waals surface area (Å²) in [5.41, 5.74) is 2.17. The van der Waals surface area contributed by atoms with Gasteiger partial charge in [0.1, 0.15) is 12.2 Å². The van der Waals surface area contributed by atoms with Crippen molar-refractivity contribution < 1.29 is 23.7 Å². The van der Waals surface area contributed by atoms with Crippen LogP contribution < -0.4 is 0 Å². The van der Waals surface area contributed by atoms with Crippen molar-refractivity contribution in [2.75, 3.05) is 13.7 Å². The second kappa shape index (κ2) is 9.90. The van der Waals surface area contributed by atoms with Crippen molar-refractivity contribution in [3.05, 3.63) is 83.6 Å². The minimum Gasteiger partial charge on any atom is -0.478 e. The number of rotatable bonds is 8. The molecule has 142 valence electrons. The molecule has 5 heteroatoms. The van der Waals surface area contributed by atoms with Crippen LogP contribution in [0.3, 0.4) is 0 Å². The van der Waals surface area contributed by atoms with Crippen LogP contribution in [0.4, 0.5) is 0 Å². The van der Waals surface area contributed by atoms with Gasteiger partial charge in [0.05, 0.1) is 26.9 Å². The summed E-state index contributed by atoms with van der Waals surface area (Å²) >= 11 is 0. The highest BCUT2D eigenvalue weighted by molar-refractivity contribution is 5.86. The van der Waals surface area contributed by atoms with E-state index in [1.165, 1.54) is 7.11 Å². The molecule has 0 amide bonds. The molecule has 0 N–H and O–H groups in total. The van der Waals surface area contributed by atoms with Crippen LogP contribution in [-0.4, -0.2) is 31.9 Å². The van der Waals surface area contributed by atoms with Crippen molar-refractivity contribution in [3.63, 3.8) is 0 Å². The van der Waals surface area contributed by atoms with Crippen LogP contribution >= 0.6 is 0 Å². The zero-order valence-electron chi connectivity index (χ0n) is 15.4. The molecular formula is C22H24O5. The predicted octanol–water partition coefficient (Wildman–Crippen LogP) is 3.63. The van der Waals surface area contributed by atoms with Crippen LogP contribution in [0, 0.1) is 0 Å². The number of esters is 1. The van der Waals surface area contributed by atoms with Crippen molar-refractivity contribution in [1.82, 2.24) is 0 Å². The summed E-state index contributed by atoms with van der Waals surface area (Å²) < 4.78 is 22.4. The first-order chi connectivity index (χ1) is 13.3. The van der Waals surface area contributed by atoms with Gasteiger partial charge in [0.15, 0.2) is 0 Å². The Morgan fingerprint density at radius 1 is 1.00 bits per heavy atom. The summed E-state index contributed by atoms with van der Waals surface area (Å²) in [6, 6.07) is 19.9. The van der Waals surface area contributed by atoms with Crippen LogP contribution in [0.1, 0.15) is 17.5 Å². The first-order valence-electron chi connectivity index (χ1n) is 8.98. The minimum absolute atomic E-state index is 0.200. The molecule has 0 saturated heterocycles. The molecule has 0 fully saturated rings. The molecule has 5 nitrogen and oxygen atoms in total. The molecule has 2 aromatic carbocycles. The van der Waals surface area contributed by atoms with Gasteiger partial charge in [-0.15, -0.1) is 0 Å². The molecule has 0 aromatic heterocycles. The monoisotopic (exact) mass is 368 g/mol. The topological polar surface area (TPSA) is 54.0 Å². The Hall–Kier alpha value is -2.63. The molecule has 0 aliphatic carbocycles. The third kappa shape index (κ3) is 5.67. The van der Waals surface area contributed by atoms with Gasteiger partial charge in [0.2, 0.25) is 5.76 Å². The first kappa shape index (κ1) is 19.1. The second-order valence-corrected chi connectivity index (χ2v) is 6.29. The zero-order valence-corrected chi connectivity index (χ0v) is 15.4. The average molecular weight is 368 g/mol. The standard InChI is InChI=1S/C22H24O5/c1-24-22(23)20-13-12-19(26-15-18-10-6-3-7-11-18)21(27-20)16-25-14-17-8-4-2-5-9-17/h2-11,13,19,21H,12,14-16H2,1H3/t19-,21+/m0/s1. The van der Waals surface area contributed by atoms with Crippen molar-refractivity contribution >= 4 is 5.97 Å². The summed E-state index contributed by atoms with van der Waals surface area (Å²) in [5.74, 6) is -0.269. The van der Waals surface area contributed by atoms with E-state index in [1.807, 2.05) is 60.7 Å². The lowest BCUT2D eigenvalue weighted by Gasteiger charge is -2.31. The third-order valence-corrected chi connectivity index (χ3v) is 4.32. The lowest BCUT2D eigenvalue weighted by molar-refractivity contribution is -0.148. The molecule has 0 radical (unpaired) electrons. The smallest absolute Gasteiger partial charge is 0.372 e. The minimum atomic E-state index is -0.482. The zero-order chi connectivity index (χ0) is 18.9. The molecule has 0 unspecified atom stereocenters. The largest absolute Gasteiger partial charge is 0.478 e. The Morgan fingerprint density at radius 3 is 2.26 bits per heavy atom. The van der Waals surface area contributed by atoms with Gasteiger partial charge in [-0.2, -0.15) is 0 Å². The van der Waals surface area contributed by atoms with Gasteiger partial charge in [-0.25, -0.2) is 4.79 Å². The average Bonchev–Trinajstić information content (AvgIpc) is 2.73.